The lowest BCUT2D eigenvalue weighted by atomic mass is 10.1. The highest BCUT2D eigenvalue weighted by molar-refractivity contribution is 9.10. The average Bonchev–Trinajstić information content (AvgIpc) is 2.59. The van der Waals surface area contributed by atoms with Crippen molar-refractivity contribution in [2.75, 3.05) is 7.11 Å². The summed E-state index contributed by atoms with van der Waals surface area (Å²) in [6.07, 6.45) is 0. The molecule has 2 aromatic carbocycles. The number of carbonyl (C=O) groups excluding carboxylic acids is 2. The third-order valence-electron chi connectivity index (χ3n) is 3.21. The van der Waals surface area contributed by atoms with E-state index in [2.05, 4.69) is 32.1 Å². The van der Waals surface area contributed by atoms with E-state index in [0.29, 0.717) is 21.3 Å². The fourth-order valence-electron chi connectivity index (χ4n) is 1.99. The molecule has 2 rings (SSSR count). The highest BCUT2D eigenvalue weighted by atomic mass is 79.9. The summed E-state index contributed by atoms with van der Waals surface area (Å²) < 4.78 is 5.76. The lowest BCUT2D eigenvalue weighted by Crippen LogP contribution is -2.48. The van der Waals surface area contributed by atoms with Crippen molar-refractivity contribution >= 4 is 45.1 Å². The molecule has 25 heavy (non-hydrogen) atoms. The van der Waals surface area contributed by atoms with Crippen LogP contribution in [0, 0.1) is 6.92 Å². The first-order valence-corrected chi connectivity index (χ1v) is 8.42. The zero-order chi connectivity index (χ0) is 18.4. The first kappa shape index (κ1) is 18.9. The molecule has 0 aromatic heterocycles. The number of thiocarbonyl (C=S) groups is 1. The van der Waals surface area contributed by atoms with Gasteiger partial charge in [-0.15, -0.1) is 0 Å². The fraction of sp³-hybridized carbons (Fsp3) is 0.118. The Bertz CT molecular complexity index is 827. The molecule has 3 N–H and O–H groups in total. The van der Waals surface area contributed by atoms with E-state index in [1.807, 2.05) is 13.0 Å². The monoisotopic (exact) mass is 421 g/mol. The third kappa shape index (κ3) is 5.27. The van der Waals surface area contributed by atoms with Crippen molar-refractivity contribution in [3.63, 3.8) is 0 Å². The number of halogens is 1. The van der Waals surface area contributed by atoms with Crippen LogP contribution in [0.15, 0.2) is 46.9 Å². The van der Waals surface area contributed by atoms with E-state index in [4.69, 9.17) is 17.0 Å². The molecule has 0 unspecified atom stereocenters. The molecular weight excluding hydrogens is 406 g/mol. The highest BCUT2D eigenvalue weighted by Crippen LogP contribution is 2.25. The lowest BCUT2D eigenvalue weighted by molar-refractivity contribution is 0.0934. The van der Waals surface area contributed by atoms with Gasteiger partial charge in [0.1, 0.15) is 5.75 Å². The Morgan fingerprint density at radius 3 is 2.40 bits per heavy atom. The van der Waals surface area contributed by atoms with Crippen molar-refractivity contribution in [1.82, 2.24) is 16.2 Å². The number of rotatable bonds is 3. The van der Waals surface area contributed by atoms with Gasteiger partial charge >= 0.3 is 0 Å². The van der Waals surface area contributed by atoms with Crippen LogP contribution in [0.4, 0.5) is 0 Å². The summed E-state index contributed by atoms with van der Waals surface area (Å²) >= 11 is 8.32. The smallest absolute Gasteiger partial charge is 0.269 e. The summed E-state index contributed by atoms with van der Waals surface area (Å²) in [5.41, 5.74) is 6.78. The number of hydrogen-bond acceptors (Lipinski definition) is 4. The number of aryl methyl sites for hydroxylation is 1. The molecule has 0 atom stereocenters. The first-order chi connectivity index (χ1) is 11.9. The van der Waals surface area contributed by atoms with Crippen molar-refractivity contribution in [3.8, 4) is 5.75 Å². The SMILES string of the molecule is COc1ccc(C(=O)NC(=S)NNC(=O)c2cccc(C)c2)cc1Br. The second kappa shape index (κ2) is 8.59. The molecule has 0 aliphatic carbocycles. The van der Waals surface area contributed by atoms with Crippen molar-refractivity contribution in [2.45, 2.75) is 6.92 Å². The Hall–Kier alpha value is -2.45. The third-order valence-corrected chi connectivity index (χ3v) is 4.03. The minimum absolute atomic E-state index is 0.0158. The summed E-state index contributed by atoms with van der Waals surface area (Å²) in [4.78, 5) is 24.2. The highest BCUT2D eigenvalue weighted by Gasteiger charge is 2.11. The number of methoxy groups -OCH3 is 1. The Morgan fingerprint density at radius 1 is 1.04 bits per heavy atom. The van der Waals surface area contributed by atoms with Crippen LogP contribution in [0.2, 0.25) is 0 Å². The van der Waals surface area contributed by atoms with Gasteiger partial charge in [-0.1, -0.05) is 17.7 Å². The first-order valence-electron chi connectivity index (χ1n) is 7.22. The molecule has 0 radical (unpaired) electrons. The molecule has 0 aliphatic rings. The zero-order valence-electron chi connectivity index (χ0n) is 13.6. The average molecular weight is 422 g/mol. The number of benzene rings is 2. The van der Waals surface area contributed by atoms with E-state index in [1.165, 1.54) is 7.11 Å². The van der Waals surface area contributed by atoms with Crippen LogP contribution < -0.4 is 20.9 Å². The van der Waals surface area contributed by atoms with Gasteiger partial charge in [-0.05, 0) is 65.4 Å². The van der Waals surface area contributed by atoms with Crippen LogP contribution in [0.3, 0.4) is 0 Å². The van der Waals surface area contributed by atoms with Gasteiger partial charge in [-0.25, -0.2) is 0 Å². The molecule has 8 heteroatoms. The number of amides is 2. The zero-order valence-corrected chi connectivity index (χ0v) is 16.0. The molecule has 2 aromatic rings. The van der Waals surface area contributed by atoms with Crippen molar-refractivity contribution in [1.29, 1.82) is 0 Å². The number of hydrazine groups is 1. The standard InChI is InChI=1S/C17H16BrN3O3S/c1-10-4-3-5-11(8-10)16(23)20-21-17(25)19-15(22)12-6-7-14(24-2)13(18)9-12/h3-9H,1-2H3,(H,20,23)(H2,19,21,22,25). The number of carbonyl (C=O) groups is 2. The summed E-state index contributed by atoms with van der Waals surface area (Å²) in [5, 5.41) is 2.47. The summed E-state index contributed by atoms with van der Waals surface area (Å²) in [6.45, 7) is 1.89. The van der Waals surface area contributed by atoms with E-state index >= 15 is 0 Å². The molecule has 0 fully saturated rings. The molecular formula is C17H16BrN3O3S. The van der Waals surface area contributed by atoms with E-state index in [1.54, 1.807) is 36.4 Å². The molecule has 0 saturated heterocycles. The maximum absolute atomic E-state index is 12.2. The number of ether oxygens (including phenoxy) is 1. The minimum Gasteiger partial charge on any atom is -0.496 e. The van der Waals surface area contributed by atoms with Crippen LogP contribution in [0.1, 0.15) is 26.3 Å². The van der Waals surface area contributed by atoms with Gasteiger partial charge in [0.05, 0.1) is 11.6 Å². The van der Waals surface area contributed by atoms with Crippen molar-refractivity contribution in [3.05, 3.63) is 63.6 Å². The minimum atomic E-state index is -0.411. The maximum Gasteiger partial charge on any atom is 0.269 e. The predicted molar refractivity (Wildman–Crippen MR) is 103 cm³/mol. The van der Waals surface area contributed by atoms with Gasteiger partial charge in [0, 0.05) is 11.1 Å². The number of hydrogen-bond donors (Lipinski definition) is 3. The quantitative estimate of drug-likeness (QED) is 0.524. The van der Waals surface area contributed by atoms with Crippen LogP contribution in [0.25, 0.3) is 0 Å². The summed E-state index contributed by atoms with van der Waals surface area (Å²) in [7, 11) is 1.54. The van der Waals surface area contributed by atoms with E-state index < -0.39 is 5.91 Å². The largest absolute Gasteiger partial charge is 0.496 e. The van der Waals surface area contributed by atoms with E-state index in [-0.39, 0.29) is 11.0 Å². The van der Waals surface area contributed by atoms with Gasteiger partial charge < -0.3 is 4.74 Å². The topological polar surface area (TPSA) is 79.5 Å². The Morgan fingerprint density at radius 2 is 1.76 bits per heavy atom. The second-order valence-corrected chi connectivity index (χ2v) is 6.34. The Labute approximate surface area is 159 Å². The summed E-state index contributed by atoms with van der Waals surface area (Å²) in [6, 6.07) is 12.0. The summed E-state index contributed by atoms with van der Waals surface area (Å²) in [5.74, 6) is -0.152. The number of nitrogens with one attached hydrogen (secondary N) is 3. The predicted octanol–water partition coefficient (Wildman–Crippen LogP) is 2.72. The van der Waals surface area contributed by atoms with Crippen molar-refractivity contribution < 1.29 is 14.3 Å². The molecule has 2 amide bonds. The Balaban J connectivity index is 1.90. The van der Waals surface area contributed by atoms with Crippen molar-refractivity contribution in [2.24, 2.45) is 0 Å². The van der Waals surface area contributed by atoms with Crippen LogP contribution in [-0.4, -0.2) is 24.0 Å². The molecule has 0 saturated carbocycles. The van der Waals surface area contributed by atoms with Gasteiger partial charge in [0.15, 0.2) is 5.11 Å². The van der Waals surface area contributed by atoms with Crippen LogP contribution in [0.5, 0.6) is 5.75 Å². The molecule has 0 spiro atoms. The maximum atomic E-state index is 12.2. The van der Waals surface area contributed by atoms with Gasteiger partial charge in [-0.2, -0.15) is 0 Å². The van der Waals surface area contributed by atoms with Crippen LogP contribution in [-0.2, 0) is 0 Å². The molecule has 0 aliphatic heterocycles. The van der Waals surface area contributed by atoms with Gasteiger partial charge in [0.25, 0.3) is 11.8 Å². The molecule has 0 bridgehead atoms. The molecule has 130 valence electrons. The molecule has 6 nitrogen and oxygen atoms in total. The second-order valence-electron chi connectivity index (χ2n) is 5.08. The van der Waals surface area contributed by atoms with E-state index in [0.717, 1.165) is 5.56 Å². The normalized spacial score (nSPS) is 9.88. The van der Waals surface area contributed by atoms with Crippen LogP contribution >= 0.6 is 28.1 Å². The lowest BCUT2D eigenvalue weighted by Gasteiger charge is -2.11. The van der Waals surface area contributed by atoms with E-state index in [9.17, 15) is 9.59 Å². The molecule has 0 heterocycles. The fourth-order valence-corrected chi connectivity index (χ4v) is 2.67. The van der Waals surface area contributed by atoms with Gasteiger partial charge in [-0.3, -0.25) is 25.8 Å². The van der Waals surface area contributed by atoms with Gasteiger partial charge in [0.2, 0.25) is 0 Å². The Kier molecular flexibility index (Phi) is 6.49.